The second kappa shape index (κ2) is 7.38. The standard InChI is InChI=1S/C16H16Cl2N2O2/c1-10(19-12-4-6-13(22-2)7-5-12)16(21)20-15-9-11(17)3-8-14(15)18/h3-10,19H,1-2H3,(H,20,21)/t10-/m0/s1. The second-order valence-electron chi connectivity index (χ2n) is 4.71. The third-order valence-corrected chi connectivity index (χ3v) is 3.62. The van der Waals surface area contributed by atoms with Crippen molar-refractivity contribution in [3.05, 3.63) is 52.5 Å². The first-order valence-electron chi connectivity index (χ1n) is 6.66. The van der Waals surface area contributed by atoms with Crippen molar-refractivity contribution in [2.24, 2.45) is 0 Å². The van der Waals surface area contributed by atoms with Gasteiger partial charge >= 0.3 is 0 Å². The van der Waals surface area contributed by atoms with Gasteiger partial charge in [0.15, 0.2) is 0 Å². The third-order valence-electron chi connectivity index (χ3n) is 3.05. The Kier molecular flexibility index (Phi) is 5.52. The first kappa shape index (κ1) is 16.5. The van der Waals surface area contributed by atoms with Crippen molar-refractivity contribution in [2.75, 3.05) is 17.7 Å². The third kappa shape index (κ3) is 4.29. The molecule has 0 aliphatic rings. The van der Waals surface area contributed by atoms with Gasteiger partial charge in [0.25, 0.3) is 0 Å². The molecule has 1 atom stereocenters. The van der Waals surface area contributed by atoms with Crippen LogP contribution >= 0.6 is 23.2 Å². The molecule has 1 amide bonds. The van der Waals surface area contributed by atoms with Crippen LogP contribution < -0.4 is 15.4 Å². The van der Waals surface area contributed by atoms with Gasteiger partial charge in [-0.1, -0.05) is 23.2 Å². The summed E-state index contributed by atoms with van der Waals surface area (Å²) in [4.78, 5) is 12.2. The molecule has 0 saturated heterocycles. The molecule has 0 aromatic heterocycles. The van der Waals surface area contributed by atoms with Crippen LogP contribution in [0.4, 0.5) is 11.4 Å². The summed E-state index contributed by atoms with van der Waals surface area (Å²) in [5.74, 6) is 0.549. The highest BCUT2D eigenvalue weighted by Gasteiger charge is 2.14. The highest BCUT2D eigenvalue weighted by Crippen LogP contribution is 2.25. The van der Waals surface area contributed by atoms with E-state index in [1.54, 1.807) is 32.2 Å². The lowest BCUT2D eigenvalue weighted by molar-refractivity contribution is -0.116. The van der Waals surface area contributed by atoms with Crippen LogP contribution in [0.2, 0.25) is 10.0 Å². The summed E-state index contributed by atoms with van der Waals surface area (Å²) in [6.07, 6.45) is 0. The van der Waals surface area contributed by atoms with Crippen molar-refractivity contribution < 1.29 is 9.53 Å². The van der Waals surface area contributed by atoms with Gasteiger partial charge in [0.05, 0.1) is 17.8 Å². The number of carbonyl (C=O) groups excluding carboxylic acids is 1. The minimum atomic E-state index is -0.441. The molecule has 0 saturated carbocycles. The Morgan fingerprint density at radius 3 is 2.45 bits per heavy atom. The zero-order valence-corrected chi connectivity index (χ0v) is 13.7. The molecule has 0 heterocycles. The number of hydrogen-bond acceptors (Lipinski definition) is 3. The average molecular weight is 339 g/mol. The monoisotopic (exact) mass is 338 g/mol. The number of halogens is 2. The largest absolute Gasteiger partial charge is 0.497 e. The van der Waals surface area contributed by atoms with Crippen LogP contribution in [-0.2, 0) is 4.79 Å². The number of anilines is 2. The summed E-state index contributed by atoms with van der Waals surface area (Å²) >= 11 is 11.9. The summed E-state index contributed by atoms with van der Waals surface area (Å²) in [6.45, 7) is 1.76. The van der Waals surface area contributed by atoms with Crippen molar-refractivity contribution in [3.8, 4) is 5.75 Å². The van der Waals surface area contributed by atoms with Crippen molar-refractivity contribution in [1.82, 2.24) is 0 Å². The maximum absolute atomic E-state index is 12.2. The zero-order chi connectivity index (χ0) is 16.1. The molecule has 4 nitrogen and oxygen atoms in total. The first-order chi connectivity index (χ1) is 10.5. The lowest BCUT2D eigenvalue weighted by atomic mass is 10.2. The summed E-state index contributed by atoms with van der Waals surface area (Å²) in [5, 5.41) is 6.80. The van der Waals surface area contributed by atoms with Gasteiger partial charge in [0.2, 0.25) is 5.91 Å². The number of amides is 1. The topological polar surface area (TPSA) is 50.4 Å². The molecule has 116 valence electrons. The Bertz CT molecular complexity index is 660. The van der Waals surface area contributed by atoms with Crippen molar-refractivity contribution >= 4 is 40.5 Å². The molecule has 22 heavy (non-hydrogen) atoms. The van der Waals surface area contributed by atoms with E-state index in [9.17, 15) is 4.79 Å². The maximum Gasteiger partial charge on any atom is 0.246 e. The van der Waals surface area contributed by atoms with Crippen molar-refractivity contribution in [2.45, 2.75) is 13.0 Å². The van der Waals surface area contributed by atoms with Crippen LogP contribution in [0.25, 0.3) is 0 Å². The molecule has 0 radical (unpaired) electrons. The van der Waals surface area contributed by atoms with Crippen LogP contribution in [0, 0.1) is 0 Å². The SMILES string of the molecule is COc1ccc(N[C@@H](C)C(=O)Nc2cc(Cl)ccc2Cl)cc1. The van der Waals surface area contributed by atoms with E-state index in [0.717, 1.165) is 11.4 Å². The van der Waals surface area contributed by atoms with Crippen LogP contribution in [0.5, 0.6) is 5.75 Å². The van der Waals surface area contributed by atoms with E-state index in [1.165, 1.54) is 0 Å². The number of rotatable bonds is 5. The second-order valence-corrected chi connectivity index (χ2v) is 5.55. The van der Waals surface area contributed by atoms with Crippen LogP contribution in [0.1, 0.15) is 6.92 Å². The van der Waals surface area contributed by atoms with Crippen molar-refractivity contribution in [1.29, 1.82) is 0 Å². The number of carbonyl (C=O) groups is 1. The van der Waals surface area contributed by atoms with Gasteiger partial charge in [-0.3, -0.25) is 4.79 Å². The van der Waals surface area contributed by atoms with E-state index in [1.807, 2.05) is 24.3 Å². The van der Waals surface area contributed by atoms with E-state index < -0.39 is 6.04 Å². The summed E-state index contributed by atoms with van der Waals surface area (Å²) in [5.41, 5.74) is 1.31. The van der Waals surface area contributed by atoms with E-state index in [4.69, 9.17) is 27.9 Å². The molecule has 0 aliphatic carbocycles. The predicted molar refractivity (Wildman–Crippen MR) is 91.2 cm³/mol. The lowest BCUT2D eigenvalue weighted by Crippen LogP contribution is -2.31. The number of ether oxygens (including phenoxy) is 1. The van der Waals surface area contributed by atoms with E-state index in [-0.39, 0.29) is 5.91 Å². The molecule has 0 fully saturated rings. The first-order valence-corrected chi connectivity index (χ1v) is 7.41. The number of methoxy groups -OCH3 is 1. The molecule has 0 aliphatic heterocycles. The predicted octanol–water partition coefficient (Wildman–Crippen LogP) is 4.44. The molecule has 2 aromatic carbocycles. The van der Waals surface area contributed by atoms with Gasteiger partial charge in [0.1, 0.15) is 11.8 Å². The summed E-state index contributed by atoms with van der Waals surface area (Å²) in [7, 11) is 1.60. The number of hydrogen-bond donors (Lipinski definition) is 2. The van der Waals surface area contributed by atoms with E-state index in [2.05, 4.69) is 10.6 Å². The Labute approximate surface area is 139 Å². The Hall–Kier alpha value is -1.91. The fourth-order valence-corrected chi connectivity index (χ4v) is 2.17. The fourth-order valence-electron chi connectivity index (χ4n) is 1.84. The molecule has 2 rings (SSSR count). The van der Waals surface area contributed by atoms with Crippen LogP contribution in [0.15, 0.2) is 42.5 Å². The fraction of sp³-hybridized carbons (Fsp3) is 0.188. The van der Waals surface area contributed by atoms with Gasteiger partial charge in [-0.25, -0.2) is 0 Å². The van der Waals surface area contributed by atoms with Crippen LogP contribution in [0.3, 0.4) is 0 Å². The molecule has 2 aromatic rings. The van der Waals surface area contributed by atoms with Crippen molar-refractivity contribution in [3.63, 3.8) is 0 Å². The zero-order valence-electron chi connectivity index (χ0n) is 12.2. The average Bonchev–Trinajstić information content (AvgIpc) is 2.51. The molecule has 2 N–H and O–H groups in total. The van der Waals surface area contributed by atoms with Gasteiger partial charge < -0.3 is 15.4 Å². The molecule has 0 spiro atoms. The smallest absolute Gasteiger partial charge is 0.246 e. The minimum Gasteiger partial charge on any atom is -0.497 e. The van der Waals surface area contributed by atoms with Crippen LogP contribution in [-0.4, -0.2) is 19.1 Å². The number of benzene rings is 2. The minimum absolute atomic E-state index is 0.208. The molecular weight excluding hydrogens is 323 g/mol. The summed E-state index contributed by atoms with van der Waals surface area (Å²) < 4.78 is 5.09. The maximum atomic E-state index is 12.2. The number of nitrogens with one attached hydrogen (secondary N) is 2. The molecule has 0 bridgehead atoms. The van der Waals surface area contributed by atoms with Gasteiger partial charge in [0, 0.05) is 10.7 Å². The van der Waals surface area contributed by atoms with Gasteiger partial charge in [-0.05, 0) is 49.4 Å². The molecule has 0 unspecified atom stereocenters. The van der Waals surface area contributed by atoms with E-state index in [0.29, 0.717) is 15.7 Å². The lowest BCUT2D eigenvalue weighted by Gasteiger charge is -2.16. The normalized spacial score (nSPS) is 11.6. The molecular formula is C16H16Cl2N2O2. The highest BCUT2D eigenvalue weighted by molar-refractivity contribution is 6.35. The summed E-state index contributed by atoms with van der Waals surface area (Å²) in [6, 6.07) is 11.8. The Balaban J connectivity index is 2.00. The quantitative estimate of drug-likeness (QED) is 0.847. The Morgan fingerprint density at radius 2 is 1.82 bits per heavy atom. The molecule has 6 heteroatoms. The van der Waals surface area contributed by atoms with E-state index >= 15 is 0 Å². The highest BCUT2D eigenvalue weighted by atomic mass is 35.5. The Morgan fingerprint density at radius 1 is 1.14 bits per heavy atom. The van der Waals surface area contributed by atoms with Gasteiger partial charge in [-0.2, -0.15) is 0 Å². The van der Waals surface area contributed by atoms with Gasteiger partial charge in [-0.15, -0.1) is 0 Å².